The summed E-state index contributed by atoms with van der Waals surface area (Å²) in [5.41, 5.74) is 4.57. The van der Waals surface area contributed by atoms with Crippen LogP contribution in [0.1, 0.15) is 31.4 Å². The van der Waals surface area contributed by atoms with Gasteiger partial charge in [0, 0.05) is 21.8 Å². The number of benzene rings is 2. The zero-order chi connectivity index (χ0) is 17.3. The third kappa shape index (κ3) is 3.16. The lowest BCUT2D eigenvalue weighted by molar-refractivity contribution is -0.145. The Morgan fingerprint density at radius 1 is 1.04 bits per heavy atom. The van der Waals surface area contributed by atoms with Crippen molar-refractivity contribution in [1.29, 1.82) is 0 Å². The van der Waals surface area contributed by atoms with Gasteiger partial charge in [-0.1, -0.05) is 44.5 Å². The predicted octanol–water partition coefficient (Wildman–Crippen LogP) is 5.00. The molecular weight excluding hydrogens is 298 g/mol. The van der Waals surface area contributed by atoms with Gasteiger partial charge in [0.25, 0.3) is 0 Å². The second kappa shape index (κ2) is 6.68. The maximum Gasteiger partial charge on any atom is 0.325 e. The molecule has 0 radical (unpaired) electrons. The fraction of sp³-hybridized carbons (Fsp3) is 0.381. The van der Waals surface area contributed by atoms with Gasteiger partial charge in [0.05, 0.1) is 6.61 Å². The zero-order valence-corrected chi connectivity index (χ0v) is 14.9. The lowest BCUT2D eigenvalue weighted by Gasteiger charge is -2.11. The molecule has 0 aliphatic carbocycles. The molecule has 3 aromatic rings. The minimum atomic E-state index is -0.169. The van der Waals surface area contributed by atoms with Crippen LogP contribution in [0.25, 0.3) is 21.8 Å². The number of hydrogen-bond donors (Lipinski definition) is 0. The Balaban J connectivity index is 2.02. The summed E-state index contributed by atoms with van der Waals surface area (Å²) in [5.74, 6) is 0.230. The molecule has 2 aromatic carbocycles. The van der Waals surface area contributed by atoms with Crippen LogP contribution in [0.2, 0.25) is 0 Å². The van der Waals surface area contributed by atoms with Crippen LogP contribution in [-0.2, 0) is 16.1 Å². The van der Waals surface area contributed by atoms with Crippen LogP contribution < -0.4 is 0 Å². The highest BCUT2D eigenvalue weighted by Crippen LogP contribution is 2.30. The van der Waals surface area contributed by atoms with Crippen molar-refractivity contribution in [2.24, 2.45) is 5.92 Å². The zero-order valence-electron chi connectivity index (χ0n) is 14.9. The summed E-state index contributed by atoms with van der Waals surface area (Å²) in [6, 6.07) is 12.8. The number of fused-ring (bicyclic) bond motifs is 3. The van der Waals surface area contributed by atoms with Crippen molar-refractivity contribution in [2.45, 2.75) is 40.7 Å². The van der Waals surface area contributed by atoms with E-state index in [1.165, 1.54) is 21.9 Å². The van der Waals surface area contributed by atoms with Gasteiger partial charge in [-0.3, -0.25) is 4.79 Å². The second-order valence-corrected chi connectivity index (χ2v) is 6.82. The summed E-state index contributed by atoms with van der Waals surface area (Å²) in [6.45, 7) is 9.10. The Morgan fingerprint density at radius 3 is 2.08 bits per heavy atom. The molecule has 0 saturated heterocycles. The summed E-state index contributed by atoms with van der Waals surface area (Å²) in [4.78, 5) is 12.3. The highest BCUT2D eigenvalue weighted by molar-refractivity contribution is 6.08. The van der Waals surface area contributed by atoms with Gasteiger partial charge in [0.1, 0.15) is 6.54 Å². The standard InChI is InChI=1S/C21H25NO2/c1-5-14(2)13-24-21(23)12-22-19-10-15(3)6-8-17(19)18-9-7-16(4)11-20(18)22/h6-11,14H,5,12-13H2,1-4H3. The average molecular weight is 323 g/mol. The van der Waals surface area contributed by atoms with Crippen LogP contribution in [0.4, 0.5) is 0 Å². The number of aromatic nitrogens is 1. The molecule has 24 heavy (non-hydrogen) atoms. The molecule has 3 rings (SSSR count). The van der Waals surface area contributed by atoms with Crippen molar-refractivity contribution >= 4 is 27.8 Å². The van der Waals surface area contributed by atoms with Crippen molar-refractivity contribution in [2.75, 3.05) is 6.61 Å². The van der Waals surface area contributed by atoms with E-state index in [-0.39, 0.29) is 12.5 Å². The Hall–Kier alpha value is -2.29. The van der Waals surface area contributed by atoms with Crippen molar-refractivity contribution in [1.82, 2.24) is 4.57 Å². The molecule has 1 aromatic heterocycles. The van der Waals surface area contributed by atoms with Crippen molar-refractivity contribution < 1.29 is 9.53 Å². The molecular formula is C21H25NO2. The Morgan fingerprint density at radius 2 is 1.58 bits per heavy atom. The highest BCUT2D eigenvalue weighted by atomic mass is 16.5. The van der Waals surface area contributed by atoms with E-state index in [2.05, 4.69) is 68.7 Å². The molecule has 3 nitrogen and oxygen atoms in total. The first kappa shape index (κ1) is 16.6. The van der Waals surface area contributed by atoms with Crippen LogP contribution in [0, 0.1) is 19.8 Å². The van der Waals surface area contributed by atoms with Gasteiger partial charge in [-0.2, -0.15) is 0 Å². The van der Waals surface area contributed by atoms with E-state index in [9.17, 15) is 4.79 Å². The largest absolute Gasteiger partial charge is 0.464 e. The SMILES string of the molecule is CCC(C)COC(=O)Cn1c2cc(C)ccc2c2ccc(C)cc21. The van der Waals surface area contributed by atoms with Crippen LogP contribution in [0.15, 0.2) is 36.4 Å². The van der Waals surface area contributed by atoms with Crippen molar-refractivity contribution in [3.8, 4) is 0 Å². The molecule has 0 aliphatic heterocycles. The molecule has 0 saturated carbocycles. The monoisotopic (exact) mass is 323 g/mol. The Bertz CT molecular complexity index is 832. The summed E-state index contributed by atoms with van der Waals surface area (Å²) >= 11 is 0. The summed E-state index contributed by atoms with van der Waals surface area (Å²) < 4.78 is 7.55. The van der Waals surface area contributed by atoms with E-state index in [1.54, 1.807) is 0 Å². The Kier molecular flexibility index (Phi) is 4.61. The highest BCUT2D eigenvalue weighted by Gasteiger charge is 2.15. The predicted molar refractivity (Wildman–Crippen MR) is 99.3 cm³/mol. The van der Waals surface area contributed by atoms with Crippen molar-refractivity contribution in [3.05, 3.63) is 47.5 Å². The maximum atomic E-state index is 12.3. The van der Waals surface area contributed by atoms with Gasteiger partial charge in [-0.05, 0) is 43.0 Å². The van der Waals surface area contributed by atoms with Crippen molar-refractivity contribution in [3.63, 3.8) is 0 Å². The van der Waals surface area contributed by atoms with E-state index >= 15 is 0 Å². The number of carbonyl (C=O) groups excluding carboxylic acids is 1. The number of ether oxygens (including phenoxy) is 1. The summed E-state index contributed by atoms with van der Waals surface area (Å²) in [7, 11) is 0. The minimum absolute atomic E-state index is 0.169. The van der Waals surface area contributed by atoms with E-state index in [1.807, 2.05) is 0 Å². The molecule has 1 atom stereocenters. The molecule has 1 heterocycles. The van der Waals surface area contributed by atoms with Crippen LogP contribution in [0.3, 0.4) is 0 Å². The van der Waals surface area contributed by atoms with Gasteiger partial charge in [0.15, 0.2) is 0 Å². The van der Waals surface area contributed by atoms with Gasteiger partial charge in [0.2, 0.25) is 0 Å². The fourth-order valence-corrected chi connectivity index (χ4v) is 3.01. The van der Waals surface area contributed by atoms with E-state index in [4.69, 9.17) is 4.74 Å². The second-order valence-electron chi connectivity index (χ2n) is 6.82. The molecule has 0 N–H and O–H groups in total. The quantitative estimate of drug-likeness (QED) is 0.619. The molecule has 0 bridgehead atoms. The smallest absolute Gasteiger partial charge is 0.325 e. The number of esters is 1. The van der Waals surface area contributed by atoms with E-state index < -0.39 is 0 Å². The minimum Gasteiger partial charge on any atom is -0.464 e. The lowest BCUT2D eigenvalue weighted by atomic mass is 10.1. The molecule has 126 valence electrons. The summed E-state index contributed by atoms with van der Waals surface area (Å²) in [6.07, 6.45) is 1.01. The van der Waals surface area contributed by atoms with Gasteiger partial charge in [-0.15, -0.1) is 0 Å². The van der Waals surface area contributed by atoms with E-state index in [0.717, 1.165) is 17.5 Å². The first-order valence-electron chi connectivity index (χ1n) is 8.64. The number of hydrogen-bond acceptors (Lipinski definition) is 2. The maximum absolute atomic E-state index is 12.3. The van der Waals surface area contributed by atoms with Crippen LogP contribution in [-0.4, -0.2) is 17.1 Å². The lowest BCUT2D eigenvalue weighted by Crippen LogP contribution is -2.16. The molecule has 1 unspecified atom stereocenters. The average Bonchev–Trinajstić information content (AvgIpc) is 2.85. The van der Waals surface area contributed by atoms with Gasteiger partial charge in [-0.25, -0.2) is 0 Å². The number of nitrogens with zero attached hydrogens (tertiary/aromatic N) is 1. The number of aryl methyl sites for hydroxylation is 2. The molecule has 0 spiro atoms. The third-order valence-corrected chi connectivity index (χ3v) is 4.69. The van der Waals surface area contributed by atoms with Gasteiger partial charge < -0.3 is 9.30 Å². The molecule has 0 fully saturated rings. The first-order valence-corrected chi connectivity index (χ1v) is 8.64. The molecule has 3 heteroatoms. The number of carbonyl (C=O) groups is 1. The van der Waals surface area contributed by atoms with E-state index in [0.29, 0.717) is 12.5 Å². The normalized spacial score (nSPS) is 12.7. The molecule has 0 amide bonds. The van der Waals surface area contributed by atoms with Crippen LogP contribution >= 0.6 is 0 Å². The van der Waals surface area contributed by atoms with Crippen LogP contribution in [0.5, 0.6) is 0 Å². The Labute approximate surface area is 143 Å². The van der Waals surface area contributed by atoms with Gasteiger partial charge >= 0.3 is 5.97 Å². The fourth-order valence-electron chi connectivity index (χ4n) is 3.01. The third-order valence-electron chi connectivity index (χ3n) is 4.69. The summed E-state index contributed by atoms with van der Waals surface area (Å²) in [5, 5.41) is 2.37. The number of rotatable bonds is 5. The topological polar surface area (TPSA) is 31.2 Å². The molecule has 0 aliphatic rings. The first-order chi connectivity index (χ1) is 11.5.